The van der Waals surface area contributed by atoms with Crippen molar-refractivity contribution in [2.24, 2.45) is 5.10 Å². The lowest BCUT2D eigenvalue weighted by Gasteiger charge is -2.12. The second-order valence-corrected chi connectivity index (χ2v) is 6.43. The van der Waals surface area contributed by atoms with Crippen LogP contribution in [0, 0.1) is 0 Å². The van der Waals surface area contributed by atoms with Crippen molar-refractivity contribution in [3.63, 3.8) is 0 Å². The van der Waals surface area contributed by atoms with E-state index in [9.17, 15) is 4.79 Å². The molecule has 0 spiro atoms. The minimum absolute atomic E-state index is 0.331. The van der Waals surface area contributed by atoms with Crippen LogP contribution >= 0.6 is 11.6 Å². The molecule has 0 bridgehead atoms. The van der Waals surface area contributed by atoms with Gasteiger partial charge in [0.15, 0.2) is 11.5 Å². The molecule has 0 unspecified atom stereocenters. The quantitative estimate of drug-likeness (QED) is 0.440. The molecule has 3 aromatic rings. The van der Waals surface area contributed by atoms with Crippen LogP contribution in [0.3, 0.4) is 0 Å². The average Bonchev–Trinajstić information content (AvgIpc) is 2.75. The molecule has 0 saturated heterocycles. The number of hydrazone groups is 1. The van der Waals surface area contributed by atoms with Crippen LogP contribution in [0.15, 0.2) is 72.1 Å². The van der Waals surface area contributed by atoms with Gasteiger partial charge in [-0.15, -0.1) is 0 Å². The Morgan fingerprint density at radius 3 is 2.69 bits per heavy atom. The second-order valence-electron chi connectivity index (χ2n) is 6.00. The third kappa shape index (κ3) is 6.05. The summed E-state index contributed by atoms with van der Waals surface area (Å²) in [5.41, 5.74) is 4.67. The number of amides is 1. The van der Waals surface area contributed by atoms with Gasteiger partial charge >= 0.3 is 0 Å². The molecule has 0 aliphatic carbocycles. The third-order valence-electron chi connectivity index (χ3n) is 3.88. The van der Waals surface area contributed by atoms with E-state index in [4.69, 9.17) is 21.1 Å². The highest BCUT2D eigenvalue weighted by molar-refractivity contribution is 6.30. The fourth-order valence-electron chi connectivity index (χ4n) is 2.46. The van der Waals surface area contributed by atoms with E-state index in [-0.39, 0.29) is 5.91 Å². The van der Waals surface area contributed by atoms with E-state index < -0.39 is 0 Å². The first-order chi connectivity index (χ1) is 14.2. The first kappa shape index (κ1) is 20.4. The van der Waals surface area contributed by atoms with Crippen LogP contribution in [0.25, 0.3) is 0 Å². The molecule has 1 N–H and O–H groups in total. The van der Waals surface area contributed by atoms with Crippen LogP contribution in [0.4, 0.5) is 0 Å². The summed E-state index contributed by atoms with van der Waals surface area (Å²) >= 11 is 5.91. The van der Waals surface area contributed by atoms with E-state index in [1.54, 1.807) is 30.6 Å². The van der Waals surface area contributed by atoms with E-state index in [0.29, 0.717) is 35.3 Å². The molecule has 2 aromatic carbocycles. The number of halogens is 1. The van der Waals surface area contributed by atoms with Crippen LogP contribution < -0.4 is 14.9 Å². The van der Waals surface area contributed by atoms with Gasteiger partial charge in [-0.2, -0.15) is 5.10 Å². The number of hydrogen-bond donors (Lipinski definition) is 1. The van der Waals surface area contributed by atoms with Crippen LogP contribution in [0.1, 0.15) is 28.4 Å². The summed E-state index contributed by atoms with van der Waals surface area (Å²) in [4.78, 5) is 15.9. The van der Waals surface area contributed by atoms with Crippen molar-refractivity contribution in [1.82, 2.24) is 10.4 Å². The van der Waals surface area contributed by atoms with Gasteiger partial charge in [-0.3, -0.25) is 9.78 Å². The molecule has 7 heteroatoms. The molecule has 29 heavy (non-hydrogen) atoms. The van der Waals surface area contributed by atoms with Crippen molar-refractivity contribution in [2.45, 2.75) is 13.5 Å². The molecule has 1 amide bonds. The molecule has 0 aliphatic heterocycles. The maximum Gasteiger partial charge on any atom is 0.272 e. The smallest absolute Gasteiger partial charge is 0.272 e. The summed E-state index contributed by atoms with van der Waals surface area (Å²) in [6.07, 6.45) is 4.62. The van der Waals surface area contributed by atoms with Gasteiger partial charge in [0.1, 0.15) is 6.61 Å². The van der Waals surface area contributed by atoms with E-state index in [0.717, 1.165) is 11.1 Å². The third-order valence-corrected chi connectivity index (χ3v) is 4.13. The maximum absolute atomic E-state index is 12.0. The second kappa shape index (κ2) is 10.2. The molecule has 0 atom stereocenters. The highest BCUT2D eigenvalue weighted by Crippen LogP contribution is 2.29. The molecular formula is C22H20ClN3O3. The van der Waals surface area contributed by atoms with Gasteiger partial charge in [0.2, 0.25) is 0 Å². The zero-order chi connectivity index (χ0) is 20.5. The molecule has 0 aliphatic rings. The Morgan fingerprint density at radius 1 is 1.14 bits per heavy atom. The molecule has 1 aromatic heterocycles. The Morgan fingerprint density at radius 2 is 1.97 bits per heavy atom. The number of benzene rings is 2. The average molecular weight is 410 g/mol. The van der Waals surface area contributed by atoms with E-state index in [1.165, 1.54) is 6.20 Å². The summed E-state index contributed by atoms with van der Waals surface area (Å²) in [6, 6.07) is 16.3. The van der Waals surface area contributed by atoms with Crippen molar-refractivity contribution in [3.05, 3.63) is 88.7 Å². The maximum atomic E-state index is 12.0. The van der Waals surface area contributed by atoms with Gasteiger partial charge in [0.05, 0.1) is 18.4 Å². The number of pyridine rings is 1. The largest absolute Gasteiger partial charge is 0.490 e. The molecule has 6 nitrogen and oxygen atoms in total. The van der Waals surface area contributed by atoms with Gasteiger partial charge in [0.25, 0.3) is 5.91 Å². The molecule has 0 saturated carbocycles. The number of hydrogen-bond acceptors (Lipinski definition) is 5. The van der Waals surface area contributed by atoms with Crippen molar-refractivity contribution in [1.29, 1.82) is 0 Å². The van der Waals surface area contributed by atoms with Crippen molar-refractivity contribution in [2.75, 3.05) is 6.61 Å². The first-order valence-corrected chi connectivity index (χ1v) is 9.41. The predicted molar refractivity (Wildman–Crippen MR) is 113 cm³/mol. The molecule has 0 fully saturated rings. The van der Waals surface area contributed by atoms with Crippen molar-refractivity contribution < 1.29 is 14.3 Å². The zero-order valence-corrected chi connectivity index (χ0v) is 16.6. The summed E-state index contributed by atoms with van der Waals surface area (Å²) in [6.45, 7) is 2.79. The summed E-state index contributed by atoms with van der Waals surface area (Å²) in [7, 11) is 0. The first-order valence-electron chi connectivity index (χ1n) is 9.03. The number of nitrogens with one attached hydrogen (secondary N) is 1. The molecule has 3 rings (SSSR count). The molecular weight excluding hydrogens is 390 g/mol. The molecule has 0 radical (unpaired) electrons. The lowest BCUT2D eigenvalue weighted by Crippen LogP contribution is -2.17. The van der Waals surface area contributed by atoms with Crippen LogP contribution in [0.2, 0.25) is 5.02 Å². The van der Waals surface area contributed by atoms with Gasteiger partial charge in [-0.1, -0.05) is 23.7 Å². The predicted octanol–water partition coefficient (Wildman–Crippen LogP) is 4.48. The molecule has 1 heterocycles. The zero-order valence-electron chi connectivity index (χ0n) is 15.8. The number of aromatic nitrogens is 1. The van der Waals surface area contributed by atoms with Crippen LogP contribution in [0.5, 0.6) is 11.5 Å². The van der Waals surface area contributed by atoms with E-state index in [1.807, 2.05) is 43.3 Å². The Bertz CT molecular complexity index is 976. The lowest BCUT2D eigenvalue weighted by molar-refractivity contribution is 0.0955. The van der Waals surface area contributed by atoms with Gasteiger partial charge in [-0.05, 0) is 60.5 Å². The Balaban J connectivity index is 1.65. The Labute approximate surface area is 174 Å². The van der Waals surface area contributed by atoms with Gasteiger partial charge < -0.3 is 9.47 Å². The highest BCUT2D eigenvalue weighted by Gasteiger charge is 2.07. The number of nitrogens with zero attached hydrogens (tertiary/aromatic N) is 2. The number of carbonyl (C=O) groups excluding carboxylic acids is 1. The summed E-state index contributed by atoms with van der Waals surface area (Å²) in [5.74, 6) is 0.893. The topological polar surface area (TPSA) is 72.8 Å². The fraction of sp³-hybridized carbons (Fsp3) is 0.136. The normalized spacial score (nSPS) is 10.7. The van der Waals surface area contributed by atoms with Crippen molar-refractivity contribution in [3.8, 4) is 11.5 Å². The van der Waals surface area contributed by atoms with E-state index in [2.05, 4.69) is 15.5 Å². The van der Waals surface area contributed by atoms with Crippen molar-refractivity contribution >= 4 is 23.7 Å². The number of ether oxygens (including phenoxy) is 2. The summed E-state index contributed by atoms with van der Waals surface area (Å²) < 4.78 is 11.6. The van der Waals surface area contributed by atoms with E-state index >= 15 is 0 Å². The van der Waals surface area contributed by atoms with Crippen LogP contribution in [-0.4, -0.2) is 23.7 Å². The van der Waals surface area contributed by atoms with Gasteiger partial charge in [-0.25, -0.2) is 5.43 Å². The minimum atomic E-state index is -0.331. The Kier molecular flexibility index (Phi) is 7.19. The number of carbonyl (C=O) groups is 1. The number of rotatable bonds is 8. The standard InChI is InChI=1S/C22H20ClN3O3/c1-2-28-21-12-17(13-25-26-22(27)18-4-3-11-24-14-18)7-10-20(21)29-15-16-5-8-19(23)9-6-16/h3-14H,2,15H2,1H3,(H,26,27)/b25-13-. The Hall–Kier alpha value is -3.38. The summed E-state index contributed by atoms with van der Waals surface area (Å²) in [5, 5.41) is 4.67. The monoisotopic (exact) mass is 409 g/mol. The lowest BCUT2D eigenvalue weighted by atomic mass is 10.2. The van der Waals surface area contributed by atoms with Gasteiger partial charge in [0, 0.05) is 17.4 Å². The highest BCUT2D eigenvalue weighted by atomic mass is 35.5. The SMILES string of the molecule is CCOc1cc(/C=N\NC(=O)c2cccnc2)ccc1OCc1ccc(Cl)cc1. The molecule has 148 valence electrons. The minimum Gasteiger partial charge on any atom is -0.490 e. The van der Waals surface area contributed by atoms with Crippen LogP contribution in [-0.2, 0) is 6.61 Å². The fourth-order valence-corrected chi connectivity index (χ4v) is 2.59.